The highest BCUT2D eigenvalue weighted by molar-refractivity contribution is 6.01. The van der Waals surface area contributed by atoms with E-state index in [0.717, 1.165) is 17.7 Å². The molecule has 0 saturated carbocycles. The van der Waals surface area contributed by atoms with Crippen LogP contribution in [0.2, 0.25) is 0 Å². The molecule has 2 aromatic rings. The zero-order valence-corrected chi connectivity index (χ0v) is 9.71. The van der Waals surface area contributed by atoms with E-state index in [1.54, 1.807) is 19.5 Å². The van der Waals surface area contributed by atoms with Gasteiger partial charge in [-0.1, -0.05) is 35.5 Å². The van der Waals surface area contributed by atoms with Gasteiger partial charge in [-0.3, -0.25) is 4.98 Å². The number of hydrogen-bond donors (Lipinski definition) is 0. The van der Waals surface area contributed by atoms with E-state index >= 15 is 0 Å². The summed E-state index contributed by atoms with van der Waals surface area (Å²) in [5.74, 6) is 0. The van der Waals surface area contributed by atoms with Crippen molar-refractivity contribution in [2.24, 2.45) is 5.16 Å². The topological polar surface area (TPSA) is 34.5 Å². The maximum atomic E-state index is 4.89. The van der Waals surface area contributed by atoms with Gasteiger partial charge in [0.1, 0.15) is 7.11 Å². The van der Waals surface area contributed by atoms with Gasteiger partial charge in [0.2, 0.25) is 0 Å². The summed E-state index contributed by atoms with van der Waals surface area (Å²) in [7, 11) is 1.56. The van der Waals surface area contributed by atoms with Crippen molar-refractivity contribution in [1.82, 2.24) is 4.98 Å². The maximum Gasteiger partial charge on any atom is 0.106 e. The molecule has 3 heteroatoms. The molecular weight excluding hydrogens is 212 g/mol. The monoisotopic (exact) mass is 226 g/mol. The lowest BCUT2D eigenvalue weighted by atomic mass is 10.0. The summed E-state index contributed by atoms with van der Waals surface area (Å²) < 4.78 is 0. The van der Waals surface area contributed by atoms with Crippen LogP contribution in [0, 0.1) is 0 Å². The van der Waals surface area contributed by atoms with E-state index < -0.39 is 0 Å². The van der Waals surface area contributed by atoms with Crippen LogP contribution in [-0.4, -0.2) is 17.8 Å². The van der Waals surface area contributed by atoms with Gasteiger partial charge >= 0.3 is 0 Å². The smallest absolute Gasteiger partial charge is 0.106 e. The third-order valence-electron chi connectivity index (χ3n) is 2.41. The molecule has 2 rings (SSSR count). The highest BCUT2D eigenvalue weighted by atomic mass is 16.6. The van der Waals surface area contributed by atoms with Gasteiger partial charge < -0.3 is 4.84 Å². The number of aromatic nitrogens is 1. The molecule has 0 unspecified atom stereocenters. The van der Waals surface area contributed by atoms with E-state index in [1.807, 2.05) is 30.3 Å². The van der Waals surface area contributed by atoms with Gasteiger partial charge in [0, 0.05) is 24.4 Å². The first-order valence-corrected chi connectivity index (χ1v) is 5.44. The zero-order valence-electron chi connectivity index (χ0n) is 9.71. The minimum Gasteiger partial charge on any atom is -0.399 e. The average Bonchev–Trinajstić information content (AvgIpc) is 2.40. The fraction of sp³-hybridized carbons (Fsp3) is 0.143. The van der Waals surface area contributed by atoms with Gasteiger partial charge in [0.05, 0.1) is 5.71 Å². The molecule has 0 fully saturated rings. The van der Waals surface area contributed by atoms with Gasteiger partial charge in [-0.25, -0.2) is 0 Å². The van der Waals surface area contributed by atoms with Crippen molar-refractivity contribution in [1.29, 1.82) is 0 Å². The normalized spacial score (nSPS) is 11.2. The van der Waals surface area contributed by atoms with Crippen molar-refractivity contribution in [3.8, 4) is 0 Å². The molecule has 17 heavy (non-hydrogen) atoms. The first kappa shape index (κ1) is 11.3. The molecule has 0 spiro atoms. The highest BCUT2D eigenvalue weighted by Crippen LogP contribution is 2.07. The molecule has 0 amide bonds. The number of hydrogen-bond acceptors (Lipinski definition) is 3. The second-order valence-electron chi connectivity index (χ2n) is 3.62. The Bertz CT molecular complexity index is 480. The molecule has 3 nitrogen and oxygen atoms in total. The van der Waals surface area contributed by atoms with Crippen LogP contribution < -0.4 is 0 Å². The summed E-state index contributed by atoms with van der Waals surface area (Å²) in [6.07, 6.45) is 4.28. The molecular formula is C14H14N2O. The molecule has 0 aliphatic carbocycles. The van der Waals surface area contributed by atoms with Crippen LogP contribution in [0.25, 0.3) is 0 Å². The van der Waals surface area contributed by atoms with Crippen LogP contribution in [0.4, 0.5) is 0 Å². The molecule has 1 aromatic heterocycles. The quantitative estimate of drug-likeness (QED) is 0.593. The Kier molecular flexibility index (Phi) is 3.86. The minimum atomic E-state index is 0.736. The summed E-state index contributed by atoms with van der Waals surface area (Å²) in [6, 6.07) is 14.1. The van der Waals surface area contributed by atoms with Crippen LogP contribution in [0.15, 0.2) is 60.0 Å². The molecule has 86 valence electrons. The molecule has 0 aliphatic rings. The molecule has 1 heterocycles. The summed E-state index contributed by atoms with van der Waals surface area (Å²) in [5, 5.41) is 4.07. The molecule has 0 N–H and O–H groups in total. The standard InChI is InChI=1S/C14H14N2O/c1-17-16-14(13-8-5-9-15-11-13)10-12-6-3-2-4-7-12/h2-9,11H,10H2,1H3/b16-14-. The maximum absolute atomic E-state index is 4.89. The molecule has 0 bridgehead atoms. The van der Waals surface area contributed by atoms with Crippen LogP contribution in [-0.2, 0) is 11.3 Å². The molecule has 0 saturated heterocycles. The van der Waals surface area contributed by atoms with Crippen molar-refractivity contribution >= 4 is 5.71 Å². The molecule has 0 aliphatic heterocycles. The van der Waals surface area contributed by atoms with Crippen LogP contribution >= 0.6 is 0 Å². The Morgan fingerprint density at radius 2 is 2.00 bits per heavy atom. The Hall–Kier alpha value is -2.16. The van der Waals surface area contributed by atoms with Crippen molar-refractivity contribution in [2.45, 2.75) is 6.42 Å². The van der Waals surface area contributed by atoms with Crippen molar-refractivity contribution in [3.05, 3.63) is 66.0 Å². The van der Waals surface area contributed by atoms with Crippen LogP contribution in [0.5, 0.6) is 0 Å². The third kappa shape index (κ3) is 3.14. The van der Waals surface area contributed by atoms with Crippen molar-refractivity contribution < 1.29 is 4.84 Å². The summed E-state index contributed by atoms with van der Waals surface area (Å²) in [6.45, 7) is 0. The first-order chi connectivity index (χ1) is 8.40. The Balaban J connectivity index is 2.23. The Morgan fingerprint density at radius 3 is 2.65 bits per heavy atom. The van der Waals surface area contributed by atoms with E-state index in [4.69, 9.17) is 4.84 Å². The van der Waals surface area contributed by atoms with E-state index in [0.29, 0.717) is 0 Å². The number of rotatable bonds is 4. The summed E-state index contributed by atoms with van der Waals surface area (Å²) >= 11 is 0. The average molecular weight is 226 g/mol. The lowest BCUT2D eigenvalue weighted by molar-refractivity contribution is 0.213. The van der Waals surface area contributed by atoms with E-state index in [1.165, 1.54) is 5.56 Å². The fourth-order valence-corrected chi connectivity index (χ4v) is 1.62. The van der Waals surface area contributed by atoms with Crippen molar-refractivity contribution in [2.75, 3.05) is 7.11 Å². The highest BCUT2D eigenvalue weighted by Gasteiger charge is 2.05. The van der Waals surface area contributed by atoms with Crippen molar-refractivity contribution in [3.63, 3.8) is 0 Å². The SMILES string of the molecule is CO/N=C(/Cc1ccccc1)c1cccnc1. The third-order valence-corrected chi connectivity index (χ3v) is 2.41. The summed E-state index contributed by atoms with van der Waals surface area (Å²) in [4.78, 5) is 8.98. The molecule has 0 atom stereocenters. The molecule has 0 radical (unpaired) electrons. The van der Waals surface area contributed by atoms with Gasteiger partial charge in [-0.05, 0) is 17.7 Å². The van der Waals surface area contributed by atoms with Crippen LogP contribution in [0.1, 0.15) is 11.1 Å². The van der Waals surface area contributed by atoms with Gasteiger partial charge in [-0.15, -0.1) is 0 Å². The van der Waals surface area contributed by atoms with E-state index in [-0.39, 0.29) is 0 Å². The molecule has 1 aromatic carbocycles. The number of nitrogens with zero attached hydrogens (tertiary/aromatic N) is 2. The van der Waals surface area contributed by atoms with Gasteiger partial charge in [0.25, 0.3) is 0 Å². The second kappa shape index (κ2) is 5.80. The predicted octanol–water partition coefficient (Wildman–Crippen LogP) is 2.67. The lowest BCUT2D eigenvalue weighted by Gasteiger charge is -2.05. The fourth-order valence-electron chi connectivity index (χ4n) is 1.62. The van der Waals surface area contributed by atoms with E-state index in [9.17, 15) is 0 Å². The Labute approximate surface area is 101 Å². The number of pyridine rings is 1. The largest absolute Gasteiger partial charge is 0.399 e. The Morgan fingerprint density at radius 1 is 1.18 bits per heavy atom. The number of oxime groups is 1. The minimum absolute atomic E-state index is 0.736. The van der Waals surface area contributed by atoms with Crippen LogP contribution in [0.3, 0.4) is 0 Å². The first-order valence-electron chi connectivity index (χ1n) is 5.44. The lowest BCUT2D eigenvalue weighted by Crippen LogP contribution is -2.06. The zero-order chi connectivity index (χ0) is 11.9. The van der Waals surface area contributed by atoms with Gasteiger partial charge in [0.15, 0.2) is 0 Å². The van der Waals surface area contributed by atoms with Gasteiger partial charge in [-0.2, -0.15) is 0 Å². The predicted molar refractivity (Wildman–Crippen MR) is 67.9 cm³/mol. The second-order valence-corrected chi connectivity index (χ2v) is 3.62. The van der Waals surface area contributed by atoms with E-state index in [2.05, 4.69) is 22.3 Å². The number of benzene rings is 1. The summed E-state index contributed by atoms with van der Waals surface area (Å²) in [5.41, 5.74) is 3.07.